The molecular weight excluding hydrogens is 334 g/mol. The predicted molar refractivity (Wildman–Crippen MR) is 98.4 cm³/mol. The lowest BCUT2D eigenvalue weighted by Gasteiger charge is -2.32. The molecule has 0 saturated carbocycles. The minimum Gasteiger partial charge on any atom is -0.337 e. The molecule has 3 heterocycles. The highest BCUT2D eigenvalue weighted by Crippen LogP contribution is 2.32. The Morgan fingerprint density at radius 3 is 3.00 bits per heavy atom. The van der Waals surface area contributed by atoms with Gasteiger partial charge >= 0.3 is 0 Å². The molecule has 1 unspecified atom stereocenters. The maximum Gasteiger partial charge on any atom is 0.264 e. The van der Waals surface area contributed by atoms with Gasteiger partial charge in [-0.25, -0.2) is 4.98 Å². The number of amides is 1. The second-order valence-electron chi connectivity index (χ2n) is 7.12. The predicted octanol–water partition coefficient (Wildman–Crippen LogP) is 3.04. The van der Waals surface area contributed by atoms with Crippen molar-refractivity contribution in [2.45, 2.75) is 51.4 Å². The van der Waals surface area contributed by atoms with Gasteiger partial charge in [-0.05, 0) is 62.0 Å². The van der Waals surface area contributed by atoms with Gasteiger partial charge in [-0.1, -0.05) is 0 Å². The summed E-state index contributed by atoms with van der Waals surface area (Å²) in [6.07, 6.45) is 6.49. The summed E-state index contributed by atoms with van der Waals surface area (Å²) in [5.41, 5.74) is 3.36. The van der Waals surface area contributed by atoms with Crippen molar-refractivity contribution in [1.29, 1.82) is 0 Å². The third kappa shape index (κ3) is 3.27. The van der Waals surface area contributed by atoms with Crippen LogP contribution in [-0.4, -0.2) is 33.9 Å². The molecule has 2 aliphatic rings. The van der Waals surface area contributed by atoms with Crippen LogP contribution < -0.4 is 5.56 Å². The van der Waals surface area contributed by atoms with E-state index in [1.165, 1.54) is 24.0 Å². The minimum atomic E-state index is -0.113. The maximum atomic E-state index is 13.1. The first-order chi connectivity index (χ1) is 12.1. The van der Waals surface area contributed by atoms with Gasteiger partial charge < -0.3 is 9.88 Å². The number of carbonyl (C=O) groups is 1. The normalized spacial score (nSPS) is 20.4. The molecule has 2 aromatic heterocycles. The molecular formula is C19H23N3O2S. The Labute approximate surface area is 151 Å². The van der Waals surface area contributed by atoms with Crippen LogP contribution in [0.15, 0.2) is 16.2 Å². The van der Waals surface area contributed by atoms with E-state index in [0.717, 1.165) is 42.8 Å². The molecule has 1 atom stereocenters. The minimum absolute atomic E-state index is 0.113. The lowest BCUT2D eigenvalue weighted by Crippen LogP contribution is -2.39. The van der Waals surface area contributed by atoms with Crippen LogP contribution in [0.4, 0.5) is 0 Å². The van der Waals surface area contributed by atoms with Crippen LogP contribution in [-0.2, 0) is 12.8 Å². The smallest absolute Gasteiger partial charge is 0.264 e. The summed E-state index contributed by atoms with van der Waals surface area (Å²) in [5.74, 6) is 0.951. The molecule has 25 heavy (non-hydrogen) atoms. The molecule has 0 spiro atoms. The van der Waals surface area contributed by atoms with Crippen molar-refractivity contribution in [3.63, 3.8) is 0 Å². The molecule has 6 heteroatoms. The van der Waals surface area contributed by atoms with E-state index in [4.69, 9.17) is 0 Å². The number of fused-ring (bicyclic) bond motifs is 1. The SMILES string of the molecule is Cc1nc(C2CCCN(C(=O)c3scc4c3CCCC4)C2)cc(=O)[nH]1. The number of hydrogen-bond acceptors (Lipinski definition) is 4. The Balaban J connectivity index is 1.56. The number of aromatic nitrogens is 2. The first-order valence-electron chi connectivity index (χ1n) is 9.08. The highest BCUT2D eigenvalue weighted by molar-refractivity contribution is 7.12. The number of nitrogens with one attached hydrogen (secondary N) is 1. The fraction of sp³-hybridized carbons (Fsp3) is 0.526. The zero-order chi connectivity index (χ0) is 17.4. The van der Waals surface area contributed by atoms with Crippen molar-refractivity contribution in [1.82, 2.24) is 14.9 Å². The number of nitrogens with zero attached hydrogens (tertiary/aromatic N) is 2. The van der Waals surface area contributed by atoms with E-state index in [0.29, 0.717) is 12.4 Å². The van der Waals surface area contributed by atoms with Crippen molar-refractivity contribution >= 4 is 17.2 Å². The van der Waals surface area contributed by atoms with Gasteiger partial charge in [-0.15, -0.1) is 11.3 Å². The Hall–Kier alpha value is -1.95. The molecule has 1 saturated heterocycles. The summed E-state index contributed by atoms with van der Waals surface area (Å²) < 4.78 is 0. The number of rotatable bonds is 2. The number of likely N-dealkylation sites (tertiary alicyclic amines) is 1. The number of H-pyrrole nitrogens is 1. The van der Waals surface area contributed by atoms with Gasteiger partial charge in [0.05, 0.1) is 10.6 Å². The standard InChI is InChI=1S/C19H23N3O2S/c1-12-20-16(9-17(23)21-12)13-6-4-8-22(10-13)19(24)18-15-7-3-2-5-14(15)11-25-18/h9,11,13H,2-8,10H2,1H3,(H,20,21,23). The van der Waals surface area contributed by atoms with Crippen molar-refractivity contribution in [2.75, 3.05) is 13.1 Å². The first-order valence-corrected chi connectivity index (χ1v) is 9.96. The molecule has 1 fully saturated rings. The molecule has 0 bridgehead atoms. The van der Waals surface area contributed by atoms with Crippen LogP contribution in [0.2, 0.25) is 0 Å². The van der Waals surface area contributed by atoms with E-state index in [2.05, 4.69) is 15.3 Å². The Morgan fingerprint density at radius 1 is 1.32 bits per heavy atom. The number of aryl methyl sites for hydroxylation is 2. The van der Waals surface area contributed by atoms with Crippen molar-refractivity contribution in [2.24, 2.45) is 0 Å². The summed E-state index contributed by atoms with van der Waals surface area (Å²) in [5, 5.41) is 2.17. The van der Waals surface area contributed by atoms with Crippen LogP contribution in [0.3, 0.4) is 0 Å². The molecule has 4 rings (SSSR count). The van der Waals surface area contributed by atoms with Gasteiger partial charge in [0.15, 0.2) is 0 Å². The number of piperidine rings is 1. The van der Waals surface area contributed by atoms with Crippen molar-refractivity contribution < 1.29 is 4.79 Å². The zero-order valence-corrected chi connectivity index (χ0v) is 15.3. The second-order valence-corrected chi connectivity index (χ2v) is 8.00. The second kappa shape index (κ2) is 6.75. The summed E-state index contributed by atoms with van der Waals surface area (Å²) in [6.45, 7) is 3.25. The average Bonchev–Trinajstić information content (AvgIpc) is 3.04. The quantitative estimate of drug-likeness (QED) is 0.898. The number of carbonyl (C=O) groups excluding carboxylic acids is 1. The highest BCUT2D eigenvalue weighted by Gasteiger charge is 2.29. The first kappa shape index (κ1) is 16.5. The molecule has 0 aromatic carbocycles. The van der Waals surface area contributed by atoms with E-state index >= 15 is 0 Å². The van der Waals surface area contributed by atoms with Gasteiger partial charge in [0.25, 0.3) is 11.5 Å². The van der Waals surface area contributed by atoms with Gasteiger partial charge in [0.2, 0.25) is 0 Å². The molecule has 132 valence electrons. The van der Waals surface area contributed by atoms with Crippen molar-refractivity contribution in [3.05, 3.63) is 49.3 Å². The summed E-state index contributed by atoms with van der Waals surface area (Å²) in [4.78, 5) is 34.9. The van der Waals surface area contributed by atoms with E-state index in [-0.39, 0.29) is 17.4 Å². The zero-order valence-electron chi connectivity index (χ0n) is 14.5. The van der Waals surface area contributed by atoms with Crippen LogP contribution in [0.5, 0.6) is 0 Å². The average molecular weight is 357 g/mol. The molecule has 2 aromatic rings. The van der Waals surface area contributed by atoms with Crippen molar-refractivity contribution in [3.8, 4) is 0 Å². The fourth-order valence-corrected chi connectivity index (χ4v) is 5.18. The number of thiophene rings is 1. The topological polar surface area (TPSA) is 66.1 Å². The Bertz CT molecular complexity index is 855. The van der Waals surface area contributed by atoms with Crippen LogP contribution >= 0.6 is 11.3 Å². The third-order valence-electron chi connectivity index (χ3n) is 5.30. The fourth-order valence-electron chi connectivity index (χ4n) is 4.06. The monoisotopic (exact) mass is 357 g/mol. The summed E-state index contributed by atoms with van der Waals surface area (Å²) in [7, 11) is 0. The lowest BCUT2D eigenvalue weighted by atomic mass is 9.92. The maximum absolute atomic E-state index is 13.1. The highest BCUT2D eigenvalue weighted by atomic mass is 32.1. The van der Waals surface area contributed by atoms with Crippen LogP contribution in [0.25, 0.3) is 0 Å². The van der Waals surface area contributed by atoms with E-state index in [1.807, 2.05) is 4.90 Å². The lowest BCUT2D eigenvalue weighted by molar-refractivity contribution is 0.0709. The van der Waals surface area contributed by atoms with E-state index < -0.39 is 0 Å². The Kier molecular flexibility index (Phi) is 4.46. The van der Waals surface area contributed by atoms with E-state index in [1.54, 1.807) is 24.3 Å². The largest absolute Gasteiger partial charge is 0.337 e. The molecule has 1 amide bonds. The summed E-state index contributed by atoms with van der Waals surface area (Å²) in [6, 6.07) is 1.58. The molecule has 1 aliphatic heterocycles. The van der Waals surface area contributed by atoms with Crippen LogP contribution in [0, 0.1) is 6.92 Å². The molecule has 1 aliphatic carbocycles. The molecule has 1 N–H and O–H groups in total. The van der Waals surface area contributed by atoms with Gasteiger partial charge in [-0.2, -0.15) is 0 Å². The molecule has 5 nitrogen and oxygen atoms in total. The van der Waals surface area contributed by atoms with Crippen LogP contribution in [0.1, 0.15) is 63.9 Å². The van der Waals surface area contributed by atoms with Gasteiger partial charge in [0, 0.05) is 25.1 Å². The number of hydrogen-bond donors (Lipinski definition) is 1. The number of aromatic amines is 1. The summed E-state index contributed by atoms with van der Waals surface area (Å²) >= 11 is 1.61. The van der Waals surface area contributed by atoms with Gasteiger partial charge in [0.1, 0.15) is 5.82 Å². The molecule has 0 radical (unpaired) electrons. The van der Waals surface area contributed by atoms with Gasteiger partial charge in [-0.3, -0.25) is 9.59 Å². The van der Waals surface area contributed by atoms with E-state index in [9.17, 15) is 9.59 Å². The Morgan fingerprint density at radius 2 is 2.16 bits per heavy atom. The third-order valence-corrected chi connectivity index (χ3v) is 6.36.